The van der Waals surface area contributed by atoms with Gasteiger partial charge in [-0.3, -0.25) is 4.68 Å². The second-order valence-corrected chi connectivity index (χ2v) is 5.62. The average molecular weight is 262 g/mol. The molecular weight excluding hydrogens is 244 g/mol. The molecule has 0 aliphatic carbocycles. The molecule has 1 aliphatic rings. The average Bonchev–Trinajstić information content (AvgIpc) is 2.99. The Morgan fingerprint density at radius 3 is 3.17 bits per heavy atom. The van der Waals surface area contributed by atoms with E-state index in [-0.39, 0.29) is 0 Å². The van der Waals surface area contributed by atoms with E-state index in [9.17, 15) is 0 Å². The van der Waals surface area contributed by atoms with Gasteiger partial charge in [0.15, 0.2) is 0 Å². The fourth-order valence-electron chi connectivity index (χ4n) is 2.42. The standard InChI is InChI=1S/C13H18N4S/c1-3-5-9-12-13(17(2)16-9)15-10(8-14-12)11-6-4-7-18-11/h4,6-7,10,14-15H,3,5,8H2,1-2H3. The molecular formula is C13H18N4S. The number of nitrogens with one attached hydrogen (secondary N) is 2. The van der Waals surface area contributed by atoms with E-state index in [0.717, 1.165) is 25.2 Å². The number of nitrogens with zero attached hydrogens (tertiary/aromatic N) is 2. The Labute approximate surface area is 111 Å². The number of aromatic nitrogens is 2. The molecule has 2 aromatic heterocycles. The summed E-state index contributed by atoms with van der Waals surface area (Å²) in [6.45, 7) is 3.11. The summed E-state index contributed by atoms with van der Waals surface area (Å²) in [6.07, 6.45) is 2.15. The van der Waals surface area contributed by atoms with E-state index in [2.05, 4.69) is 40.2 Å². The summed E-state index contributed by atoms with van der Waals surface area (Å²) >= 11 is 1.79. The Morgan fingerprint density at radius 2 is 2.44 bits per heavy atom. The molecule has 0 amide bonds. The first-order valence-electron chi connectivity index (χ1n) is 6.39. The molecule has 18 heavy (non-hydrogen) atoms. The molecule has 0 radical (unpaired) electrons. The predicted octanol–water partition coefficient (Wildman–Crippen LogP) is 3.01. The smallest absolute Gasteiger partial charge is 0.148 e. The summed E-state index contributed by atoms with van der Waals surface area (Å²) in [5.74, 6) is 1.11. The molecule has 2 N–H and O–H groups in total. The van der Waals surface area contributed by atoms with Gasteiger partial charge in [0, 0.05) is 18.5 Å². The number of aryl methyl sites for hydroxylation is 2. The third-order valence-corrected chi connectivity index (χ3v) is 4.27. The van der Waals surface area contributed by atoms with Crippen LogP contribution < -0.4 is 10.6 Å². The first kappa shape index (κ1) is 11.6. The van der Waals surface area contributed by atoms with Gasteiger partial charge in [0.2, 0.25) is 0 Å². The first-order chi connectivity index (χ1) is 8.79. The lowest BCUT2D eigenvalue weighted by atomic mass is 10.1. The van der Waals surface area contributed by atoms with Crippen molar-refractivity contribution in [2.45, 2.75) is 25.8 Å². The quantitative estimate of drug-likeness (QED) is 0.893. The van der Waals surface area contributed by atoms with Crippen LogP contribution in [-0.4, -0.2) is 16.3 Å². The van der Waals surface area contributed by atoms with Gasteiger partial charge >= 0.3 is 0 Å². The van der Waals surface area contributed by atoms with Crippen molar-refractivity contribution >= 4 is 22.8 Å². The number of hydrogen-bond donors (Lipinski definition) is 2. The van der Waals surface area contributed by atoms with Crippen LogP contribution in [0.4, 0.5) is 11.5 Å². The normalized spacial score (nSPS) is 18.0. The summed E-state index contributed by atoms with van der Waals surface area (Å²) in [7, 11) is 2.00. The number of rotatable bonds is 3. The van der Waals surface area contributed by atoms with E-state index in [4.69, 9.17) is 0 Å². The molecule has 0 saturated heterocycles. The summed E-state index contributed by atoms with van der Waals surface area (Å²) < 4.78 is 1.95. The largest absolute Gasteiger partial charge is 0.378 e. The molecule has 4 nitrogen and oxygen atoms in total. The summed E-state index contributed by atoms with van der Waals surface area (Å²) in [5.41, 5.74) is 2.36. The summed E-state index contributed by atoms with van der Waals surface area (Å²) in [4.78, 5) is 1.37. The highest BCUT2D eigenvalue weighted by Gasteiger charge is 2.25. The van der Waals surface area contributed by atoms with E-state index >= 15 is 0 Å². The molecule has 1 unspecified atom stereocenters. The maximum atomic E-state index is 4.59. The van der Waals surface area contributed by atoms with Crippen molar-refractivity contribution in [3.63, 3.8) is 0 Å². The van der Waals surface area contributed by atoms with Crippen molar-refractivity contribution in [2.24, 2.45) is 7.05 Å². The molecule has 3 heterocycles. The van der Waals surface area contributed by atoms with Gasteiger partial charge in [-0.1, -0.05) is 19.4 Å². The molecule has 5 heteroatoms. The van der Waals surface area contributed by atoms with Gasteiger partial charge in [-0.25, -0.2) is 0 Å². The lowest BCUT2D eigenvalue weighted by Crippen LogP contribution is -2.26. The highest BCUT2D eigenvalue weighted by atomic mass is 32.1. The minimum Gasteiger partial charge on any atom is -0.378 e. The fourth-order valence-corrected chi connectivity index (χ4v) is 3.20. The third-order valence-electron chi connectivity index (χ3n) is 3.29. The van der Waals surface area contributed by atoms with Crippen molar-refractivity contribution in [3.05, 3.63) is 28.1 Å². The minimum atomic E-state index is 0.349. The second-order valence-electron chi connectivity index (χ2n) is 4.64. The number of anilines is 2. The Balaban J connectivity index is 1.89. The minimum absolute atomic E-state index is 0.349. The molecule has 0 spiro atoms. The topological polar surface area (TPSA) is 41.9 Å². The van der Waals surface area contributed by atoms with E-state index in [0.29, 0.717) is 6.04 Å². The maximum Gasteiger partial charge on any atom is 0.148 e. The van der Waals surface area contributed by atoms with E-state index in [1.54, 1.807) is 11.3 Å². The maximum absolute atomic E-state index is 4.59. The van der Waals surface area contributed by atoms with E-state index < -0.39 is 0 Å². The molecule has 0 saturated carbocycles. The second kappa shape index (κ2) is 4.65. The van der Waals surface area contributed by atoms with Gasteiger partial charge in [0.1, 0.15) is 11.5 Å². The summed E-state index contributed by atoms with van der Waals surface area (Å²) in [5, 5.41) is 13.8. The van der Waals surface area contributed by atoms with Gasteiger partial charge < -0.3 is 10.6 Å². The highest BCUT2D eigenvalue weighted by Crippen LogP contribution is 2.35. The van der Waals surface area contributed by atoms with Crippen LogP contribution in [0.3, 0.4) is 0 Å². The van der Waals surface area contributed by atoms with Gasteiger partial charge in [-0.05, 0) is 17.9 Å². The van der Waals surface area contributed by atoms with Crippen molar-refractivity contribution in [1.29, 1.82) is 0 Å². The SMILES string of the molecule is CCCc1nn(C)c2c1NCC(c1cccs1)N2. The lowest BCUT2D eigenvalue weighted by molar-refractivity contribution is 0.721. The van der Waals surface area contributed by atoms with Gasteiger partial charge in [-0.2, -0.15) is 5.10 Å². The zero-order chi connectivity index (χ0) is 12.5. The molecule has 96 valence electrons. The fraction of sp³-hybridized carbons (Fsp3) is 0.462. The van der Waals surface area contributed by atoms with Crippen LogP contribution in [0.15, 0.2) is 17.5 Å². The van der Waals surface area contributed by atoms with Crippen LogP contribution in [0.5, 0.6) is 0 Å². The zero-order valence-electron chi connectivity index (χ0n) is 10.7. The van der Waals surface area contributed by atoms with Crippen LogP contribution in [-0.2, 0) is 13.5 Å². The molecule has 1 atom stereocenters. The molecule has 3 rings (SSSR count). The monoisotopic (exact) mass is 262 g/mol. The Bertz CT molecular complexity index is 529. The zero-order valence-corrected chi connectivity index (χ0v) is 11.5. The van der Waals surface area contributed by atoms with Crippen LogP contribution >= 0.6 is 11.3 Å². The van der Waals surface area contributed by atoms with Crippen molar-refractivity contribution in [3.8, 4) is 0 Å². The summed E-state index contributed by atoms with van der Waals surface area (Å²) in [6, 6.07) is 4.63. The van der Waals surface area contributed by atoms with Crippen LogP contribution in [0.2, 0.25) is 0 Å². The molecule has 1 aliphatic heterocycles. The Hall–Kier alpha value is -1.49. The van der Waals surface area contributed by atoms with E-state index in [1.807, 2.05) is 11.7 Å². The third kappa shape index (κ3) is 1.88. The Morgan fingerprint density at radius 1 is 1.56 bits per heavy atom. The lowest BCUT2D eigenvalue weighted by Gasteiger charge is -2.26. The highest BCUT2D eigenvalue weighted by molar-refractivity contribution is 7.10. The van der Waals surface area contributed by atoms with Gasteiger partial charge in [-0.15, -0.1) is 11.3 Å². The van der Waals surface area contributed by atoms with E-state index in [1.165, 1.54) is 16.3 Å². The Kier molecular flexibility index (Phi) is 2.99. The molecule has 0 bridgehead atoms. The predicted molar refractivity (Wildman–Crippen MR) is 76.4 cm³/mol. The number of hydrogen-bond acceptors (Lipinski definition) is 4. The number of thiophene rings is 1. The van der Waals surface area contributed by atoms with Crippen LogP contribution in [0.1, 0.15) is 30.0 Å². The first-order valence-corrected chi connectivity index (χ1v) is 7.27. The van der Waals surface area contributed by atoms with Gasteiger partial charge in [0.25, 0.3) is 0 Å². The van der Waals surface area contributed by atoms with Crippen LogP contribution in [0, 0.1) is 0 Å². The van der Waals surface area contributed by atoms with Crippen molar-refractivity contribution in [2.75, 3.05) is 17.2 Å². The number of fused-ring (bicyclic) bond motifs is 1. The van der Waals surface area contributed by atoms with Crippen LogP contribution in [0.25, 0.3) is 0 Å². The van der Waals surface area contributed by atoms with Crippen molar-refractivity contribution in [1.82, 2.24) is 9.78 Å². The molecule has 0 aromatic carbocycles. The van der Waals surface area contributed by atoms with Crippen molar-refractivity contribution < 1.29 is 0 Å². The molecule has 0 fully saturated rings. The molecule has 2 aromatic rings. The van der Waals surface area contributed by atoms with Gasteiger partial charge in [0.05, 0.1) is 11.7 Å².